The van der Waals surface area contributed by atoms with Gasteiger partial charge >= 0.3 is 0 Å². The average molecular weight is 409 g/mol. The summed E-state index contributed by atoms with van der Waals surface area (Å²) >= 11 is 0. The van der Waals surface area contributed by atoms with Crippen molar-refractivity contribution in [2.24, 2.45) is 10.8 Å². The molecule has 2 aliphatic rings. The lowest BCUT2D eigenvalue weighted by molar-refractivity contribution is -0.126. The number of carbonyl (C=O) groups excluding carboxylic acids is 2. The Morgan fingerprint density at radius 2 is 1.77 bits per heavy atom. The summed E-state index contributed by atoms with van der Waals surface area (Å²) in [5, 5.41) is 5.87. The van der Waals surface area contributed by atoms with E-state index in [-0.39, 0.29) is 18.4 Å². The quantitative estimate of drug-likeness (QED) is 0.841. The summed E-state index contributed by atoms with van der Waals surface area (Å²) in [7, 11) is 0. The summed E-state index contributed by atoms with van der Waals surface area (Å²) in [6.07, 6.45) is 7.47. The number of amides is 2. The van der Waals surface area contributed by atoms with E-state index < -0.39 is 17.8 Å². The molecule has 0 bridgehead atoms. The van der Waals surface area contributed by atoms with Crippen LogP contribution >= 0.6 is 0 Å². The Morgan fingerprint density at radius 3 is 2.47 bits per heavy atom. The molecule has 7 nitrogen and oxygen atoms in total. The molecule has 30 heavy (non-hydrogen) atoms. The summed E-state index contributed by atoms with van der Waals surface area (Å²) in [5.74, 6) is -1.15. The van der Waals surface area contributed by atoms with Crippen LogP contribution in [0.1, 0.15) is 43.7 Å². The Bertz CT molecular complexity index is 948. The van der Waals surface area contributed by atoms with Crippen LogP contribution in [-0.4, -0.2) is 40.0 Å². The summed E-state index contributed by atoms with van der Waals surface area (Å²) in [6.45, 7) is 0.628. The highest BCUT2D eigenvalue weighted by molar-refractivity contribution is 6.40. The fourth-order valence-corrected chi connectivity index (χ4v) is 4.14. The summed E-state index contributed by atoms with van der Waals surface area (Å²) in [4.78, 5) is 31.4. The van der Waals surface area contributed by atoms with Gasteiger partial charge in [-0.1, -0.05) is 12.8 Å². The van der Waals surface area contributed by atoms with Gasteiger partial charge in [0.15, 0.2) is 0 Å². The number of halogens is 1. The molecule has 2 unspecified atom stereocenters. The van der Waals surface area contributed by atoms with E-state index in [0.717, 1.165) is 31.2 Å². The maximum atomic E-state index is 13.5. The number of hydrogen-bond acceptors (Lipinski definition) is 5. The van der Waals surface area contributed by atoms with Gasteiger partial charge in [0.1, 0.15) is 17.6 Å². The van der Waals surface area contributed by atoms with Gasteiger partial charge in [-0.15, -0.1) is 0 Å². The van der Waals surface area contributed by atoms with Crippen LogP contribution in [0.15, 0.2) is 53.9 Å². The maximum absolute atomic E-state index is 13.5. The largest absolute Gasteiger partial charge is 0.368 e. The molecule has 0 aliphatic carbocycles. The minimum Gasteiger partial charge on any atom is -0.368 e. The number of rotatable bonds is 4. The van der Waals surface area contributed by atoms with E-state index in [0.29, 0.717) is 17.9 Å². The third kappa shape index (κ3) is 4.03. The fraction of sp³-hybridized carbons (Fsp3) is 0.364. The number of carbonyl (C=O) groups is 2. The lowest BCUT2D eigenvalue weighted by Crippen LogP contribution is -2.41. The van der Waals surface area contributed by atoms with E-state index in [1.165, 1.54) is 29.3 Å². The van der Waals surface area contributed by atoms with Crippen LogP contribution in [0.2, 0.25) is 0 Å². The molecule has 3 heterocycles. The Labute approximate surface area is 174 Å². The number of anilines is 1. The number of pyridine rings is 1. The number of aromatic nitrogens is 1. The van der Waals surface area contributed by atoms with Crippen molar-refractivity contribution < 1.29 is 14.0 Å². The van der Waals surface area contributed by atoms with Gasteiger partial charge < -0.3 is 10.6 Å². The second-order valence-electron chi connectivity index (χ2n) is 7.63. The van der Waals surface area contributed by atoms with Crippen molar-refractivity contribution in [3.8, 4) is 0 Å². The van der Waals surface area contributed by atoms with E-state index in [9.17, 15) is 14.0 Å². The number of hydrogen-bond donors (Lipinski definition) is 1. The zero-order valence-corrected chi connectivity index (χ0v) is 16.6. The van der Waals surface area contributed by atoms with E-state index >= 15 is 0 Å². The van der Waals surface area contributed by atoms with Gasteiger partial charge in [0.25, 0.3) is 5.91 Å². The zero-order chi connectivity index (χ0) is 21.1. The van der Waals surface area contributed by atoms with Crippen molar-refractivity contribution >= 4 is 23.2 Å². The first-order valence-corrected chi connectivity index (χ1v) is 10.2. The monoisotopic (exact) mass is 409 g/mol. The number of benzene rings is 1. The zero-order valence-electron chi connectivity index (χ0n) is 16.6. The number of primary amides is 1. The fourth-order valence-electron chi connectivity index (χ4n) is 4.14. The van der Waals surface area contributed by atoms with Gasteiger partial charge in [-0.05, 0) is 54.8 Å². The highest BCUT2D eigenvalue weighted by Crippen LogP contribution is 2.32. The molecular weight excluding hydrogens is 385 g/mol. The normalized spacial score (nSPS) is 21.8. The minimum absolute atomic E-state index is 0.0578. The molecular formula is C22H24FN5O2. The first-order valence-electron chi connectivity index (χ1n) is 10.2. The van der Waals surface area contributed by atoms with Crippen LogP contribution in [0.25, 0.3) is 0 Å². The molecule has 8 heteroatoms. The molecule has 1 aromatic heterocycles. The Kier molecular flexibility index (Phi) is 5.74. The number of nitrogens with zero attached hydrogens (tertiary/aromatic N) is 4. The first kappa shape index (κ1) is 20.0. The Balaban J connectivity index is 1.64. The topological polar surface area (TPSA) is 91.9 Å². The third-order valence-corrected chi connectivity index (χ3v) is 5.68. The molecule has 2 atom stereocenters. The molecule has 0 spiro atoms. The predicted octanol–water partition coefficient (Wildman–Crippen LogP) is 2.78. The van der Waals surface area contributed by atoms with Crippen molar-refractivity contribution in [1.29, 1.82) is 0 Å². The average Bonchev–Trinajstić information content (AvgIpc) is 3.06. The Hall–Kier alpha value is -3.29. The molecule has 1 saturated heterocycles. The summed E-state index contributed by atoms with van der Waals surface area (Å²) in [6, 6.07) is 8.65. The number of hydrazone groups is 1. The van der Waals surface area contributed by atoms with E-state index in [4.69, 9.17) is 5.73 Å². The van der Waals surface area contributed by atoms with Gasteiger partial charge in [-0.3, -0.25) is 19.6 Å². The van der Waals surface area contributed by atoms with E-state index in [2.05, 4.69) is 10.1 Å². The van der Waals surface area contributed by atoms with Gasteiger partial charge in [0.05, 0.1) is 11.7 Å². The summed E-state index contributed by atoms with van der Waals surface area (Å²) in [5.41, 5.74) is 7.44. The molecule has 156 valence electrons. The molecule has 0 saturated carbocycles. The van der Waals surface area contributed by atoms with Crippen molar-refractivity contribution in [3.63, 3.8) is 0 Å². The lowest BCUT2D eigenvalue weighted by Gasteiger charge is -2.30. The molecule has 4 rings (SSSR count). The van der Waals surface area contributed by atoms with Crippen LogP contribution in [0.3, 0.4) is 0 Å². The number of nitrogens with two attached hydrogens (primary N) is 1. The molecule has 1 aromatic carbocycles. The molecule has 2 aromatic rings. The second kappa shape index (κ2) is 8.61. The standard InChI is InChI=1S/C22H24FN5O2/c23-16-5-7-17(8-6-16)28-20(21(24)29)14-18(26-28)22(30)27-13-3-1-2-4-19(27)15-9-11-25-12-10-15/h5-12,19-20H,1-4,13-14H2,(H2,24,29). The van der Waals surface area contributed by atoms with Crippen molar-refractivity contribution in [1.82, 2.24) is 9.88 Å². The van der Waals surface area contributed by atoms with Crippen LogP contribution < -0.4 is 10.7 Å². The van der Waals surface area contributed by atoms with E-state index in [1.54, 1.807) is 12.4 Å². The molecule has 2 amide bonds. The molecule has 0 radical (unpaired) electrons. The molecule has 2 N–H and O–H groups in total. The SMILES string of the molecule is NC(=O)C1CC(C(=O)N2CCCCCC2c2ccncc2)=NN1c1ccc(F)cc1. The van der Waals surface area contributed by atoms with Crippen LogP contribution in [0, 0.1) is 5.82 Å². The highest BCUT2D eigenvalue weighted by atomic mass is 19.1. The Morgan fingerprint density at radius 1 is 1.03 bits per heavy atom. The smallest absolute Gasteiger partial charge is 0.270 e. The maximum Gasteiger partial charge on any atom is 0.270 e. The van der Waals surface area contributed by atoms with Gasteiger partial charge in [-0.2, -0.15) is 5.10 Å². The van der Waals surface area contributed by atoms with Gasteiger partial charge in [0.2, 0.25) is 5.91 Å². The first-order chi connectivity index (χ1) is 14.5. The van der Waals surface area contributed by atoms with Crippen molar-refractivity contribution in [2.45, 2.75) is 44.2 Å². The van der Waals surface area contributed by atoms with Crippen LogP contribution in [0.4, 0.5) is 10.1 Å². The molecule has 2 aliphatic heterocycles. The minimum atomic E-state index is -0.777. The summed E-state index contributed by atoms with van der Waals surface area (Å²) < 4.78 is 13.3. The predicted molar refractivity (Wildman–Crippen MR) is 111 cm³/mol. The lowest BCUT2D eigenvalue weighted by atomic mass is 10.0. The highest BCUT2D eigenvalue weighted by Gasteiger charge is 2.38. The van der Waals surface area contributed by atoms with Gasteiger partial charge in [-0.25, -0.2) is 4.39 Å². The van der Waals surface area contributed by atoms with Crippen LogP contribution in [0.5, 0.6) is 0 Å². The molecule has 1 fully saturated rings. The van der Waals surface area contributed by atoms with Crippen molar-refractivity contribution in [3.05, 3.63) is 60.2 Å². The number of likely N-dealkylation sites (tertiary alicyclic amines) is 1. The second-order valence-corrected chi connectivity index (χ2v) is 7.63. The van der Waals surface area contributed by atoms with Crippen molar-refractivity contribution in [2.75, 3.05) is 11.6 Å². The van der Waals surface area contributed by atoms with Crippen LogP contribution in [-0.2, 0) is 9.59 Å². The van der Waals surface area contributed by atoms with Gasteiger partial charge in [0, 0.05) is 25.4 Å². The third-order valence-electron chi connectivity index (χ3n) is 5.68. The van der Waals surface area contributed by atoms with E-state index in [1.807, 2.05) is 17.0 Å².